The minimum Gasteiger partial charge on any atom is -0.371 e. The summed E-state index contributed by atoms with van der Waals surface area (Å²) < 4.78 is 0. The summed E-state index contributed by atoms with van der Waals surface area (Å²) in [5.41, 5.74) is 1.11. The first-order chi connectivity index (χ1) is 14.5. The maximum Gasteiger partial charge on any atom is 0.282 e. The van der Waals surface area contributed by atoms with Crippen LogP contribution in [-0.4, -0.2) is 66.4 Å². The Morgan fingerprint density at radius 2 is 1.80 bits per heavy atom. The van der Waals surface area contributed by atoms with Crippen LogP contribution in [0.2, 0.25) is 0 Å². The quantitative estimate of drug-likeness (QED) is 0.542. The summed E-state index contributed by atoms with van der Waals surface area (Å²) in [6, 6.07) is 5.11. The molecule has 3 aliphatic rings. The number of nitro groups is 1. The highest BCUT2D eigenvalue weighted by atomic mass is 16.6. The molecule has 7 heteroatoms. The molecule has 0 aliphatic carbocycles. The third kappa shape index (κ3) is 4.77. The zero-order valence-electron chi connectivity index (χ0n) is 18.1. The second kappa shape index (κ2) is 9.33. The van der Waals surface area contributed by atoms with Crippen LogP contribution in [0.25, 0.3) is 0 Å². The lowest BCUT2D eigenvalue weighted by Gasteiger charge is -2.38. The van der Waals surface area contributed by atoms with Crippen molar-refractivity contribution in [2.24, 2.45) is 11.8 Å². The Morgan fingerprint density at radius 3 is 2.50 bits per heavy atom. The Labute approximate surface area is 179 Å². The van der Waals surface area contributed by atoms with E-state index in [1.807, 2.05) is 6.07 Å². The average molecular weight is 415 g/mol. The molecule has 1 aromatic rings. The summed E-state index contributed by atoms with van der Waals surface area (Å²) in [7, 11) is 0. The third-order valence-electron chi connectivity index (χ3n) is 7.08. The van der Waals surface area contributed by atoms with Gasteiger partial charge in [-0.1, -0.05) is 6.92 Å². The maximum absolute atomic E-state index is 13.0. The number of nitrogens with zero attached hydrogens (tertiary/aromatic N) is 4. The van der Waals surface area contributed by atoms with Crippen LogP contribution in [-0.2, 0) is 0 Å². The van der Waals surface area contributed by atoms with Gasteiger partial charge in [-0.05, 0) is 75.6 Å². The lowest BCUT2D eigenvalue weighted by molar-refractivity contribution is -0.385. The fraction of sp³-hybridized carbons (Fsp3) is 0.696. The van der Waals surface area contributed by atoms with Gasteiger partial charge < -0.3 is 14.7 Å². The number of hydrogen-bond donors (Lipinski definition) is 0. The second-order valence-corrected chi connectivity index (χ2v) is 9.40. The number of piperidine rings is 2. The van der Waals surface area contributed by atoms with Crippen LogP contribution in [0.1, 0.15) is 55.8 Å². The van der Waals surface area contributed by atoms with E-state index in [1.54, 1.807) is 11.0 Å². The van der Waals surface area contributed by atoms with E-state index in [2.05, 4.69) is 16.7 Å². The standard InChI is InChI=1S/C23H34N4O3/c1-18-8-13-24(14-9-18)16-19-5-4-12-26(17-19)20-6-7-22(27(29)30)21(15-20)23(28)25-10-2-3-11-25/h6-7,15,18-19H,2-5,8-14,16-17H2,1H3. The van der Waals surface area contributed by atoms with E-state index in [9.17, 15) is 14.9 Å². The predicted molar refractivity (Wildman–Crippen MR) is 118 cm³/mol. The molecule has 3 heterocycles. The fourth-order valence-electron chi connectivity index (χ4n) is 5.20. The molecule has 0 spiro atoms. The van der Waals surface area contributed by atoms with Gasteiger partial charge in [0.1, 0.15) is 5.56 Å². The summed E-state index contributed by atoms with van der Waals surface area (Å²) in [4.78, 5) is 30.8. The van der Waals surface area contributed by atoms with E-state index >= 15 is 0 Å². The molecule has 0 aromatic heterocycles. The van der Waals surface area contributed by atoms with Gasteiger partial charge in [-0.2, -0.15) is 0 Å². The molecule has 3 aliphatic heterocycles. The smallest absolute Gasteiger partial charge is 0.282 e. The molecule has 3 fully saturated rings. The van der Waals surface area contributed by atoms with Crippen molar-refractivity contribution in [1.29, 1.82) is 0 Å². The molecule has 0 bridgehead atoms. The van der Waals surface area contributed by atoms with Crippen molar-refractivity contribution in [3.8, 4) is 0 Å². The molecule has 0 N–H and O–H groups in total. The van der Waals surface area contributed by atoms with Crippen LogP contribution < -0.4 is 4.90 Å². The van der Waals surface area contributed by atoms with E-state index < -0.39 is 4.92 Å². The number of hydrogen-bond acceptors (Lipinski definition) is 5. The van der Waals surface area contributed by atoms with Gasteiger partial charge in [0.15, 0.2) is 0 Å². The van der Waals surface area contributed by atoms with Gasteiger partial charge in [-0.15, -0.1) is 0 Å². The van der Waals surface area contributed by atoms with E-state index in [-0.39, 0.29) is 17.2 Å². The molecule has 1 amide bonds. The number of nitro benzene ring substituents is 1. The van der Waals surface area contributed by atoms with Crippen molar-refractivity contribution in [2.45, 2.75) is 45.4 Å². The summed E-state index contributed by atoms with van der Waals surface area (Å²) in [6.45, 7) is 9.17. The maximum atomic E-state index is 13.0. The number of amides is 1. The van der Waals surface area contributed by atoms with E-state index in [0.29, 0.717) is 19.0 Å². The van der Waals surface area contributed by atoms with Crippen LogP contribution >= 0.6 is 0 Å². The Balaban J connectivity index is 1.47. The molecule has 1 aromatic carbocycles. The SMILES string of the molecule is CC1CCN(CC2CCCN(c3ccc([N+](=O)[O-])c(C(=O)N4CCCC4)c3)C2)CC1. The number of benzene rings is 1. The summed E-state index contributed by atoms with van der Waals surface area (Å²) in [5, 5.41) is 11.5. The van der Waals surface area contributed by atoms with Crippen molar-refractivity contribution in [3.63, 3.8) is 0 Å². The Bertz CT molecular complexity index is 770. The number of anilines is 1. The van der Waals surface area contributed by atoms with Gasteiger partial charge in [-0.3, -0.25) is 14.9 Å². The molecule has 4 rings (SSSR count). The van der Waals surface area contributed by atoms with Crippen LogP contribution in [0.15, 0.2) is 18.2 Å². The average Bonchev–Trinajstić information content (AvgIpc) is 3.29. The van der Waals surface area contributed by atoms with E-state index in [1.165, 1.54) is 38.4 Å². The van der Waals surface area contributed by atoms with Gasteiger partial charge in [0.25, 0.3) is 11.6 Å². The number of likely N-dealkylation sites (tertiary alicyclic amines) is 2. The van der Waals surface area contributed by atoms with Gasteiger partial charge in [0.2, 0.25) is 0 Å². The molecule has 7 nitrogen and oxygen atoms in total. The van der Waals surface area contributed by atoms with Crippen LogP contribution in [0.4, 0.5) is 11.4 Å². The molecule has 30 heavy (non-hydrogen) atoms. The Hall–Kier alpha value is -2.15. The first-order valence-corrected chi connectivity index (χ1v) is 11.6. The van der Waals surface area contributed by atoms with Gasteiger partial charge >= 0.3 is 0 Å². The van der Waals surface area contributed by atoms with Gasteiger partial charge in [0.05, 0.1) is 4.92 Å². The normalized spacial score (nSPS) is 23.7. The van der Waals surface area contributed by atoms with E-state index in [0.717, 1.165) is 50.5 Å². The number of carbonyl (C=O) groups is 1. The largest absolute Gasteiger partial charge is 0.371 e. The predicted octanol–water partition coefficient (Wildman–Crippen LogP) is 3.78. The lowest BCUT2D eigenvalue weighted by atomic mass is 9.94. The first-order valence-electron chi connectivity index (χ1n) is 11.6. The van der Waals surface area contributed by atoms with Gasteiger partial charge in [0, 0.05) is 44.5 Å². The van der Waals surface area contributed by atoms with Gasteiger partial charge in [-0.25, -0.2) is 0 Å². The highest BCUT2D eigenvalue weighted by Gasteiger charge is 2.29. The second-order valence-electron chi connectivity index (χ2n) is 9.40. The Kier molecular flexibility index (Phi) is 6.56. The minimum absolute atomic E-state index is 0.0772. The van der Waals surface area contributed by atoms with Crippen LogP contribution in [0.5, 0.6) is 0 Å². The Morgan fingerprint density at radius 1 is 1.07 bits per heavy atom. The number of rotatable bonds is 5. The molecule has 1 atom stereocenters. The molecular formula is C23H34N4O3. The number of carbonyl (C=O) groups excluding carboxylic acids is 1. The summed E-state index contributed by atoms with van der Waals surface area (Å²) in [5.74, 6) is 1.26. The van der Waals surface area contributed by atoms with Crippen molar-refractivity contribution < 1.29 is 9.72 Å². The summed E-state index contributed by atoms with van der Waals surface area (Å²) in [6.07, 6.45) is 6.89. The molecule has 164 valence electrons. The van der Waals surface area contributed by atoms with Crippen LogP contribution in [0, 0.1) is 22.0 Å². The zero-order valence-corrected chi connectivity index (χ0v) is 18.1. The monoisotopic (exact) mass is 414 g/mol. The zero-order chi connectivity index (χ0) is 21.1. The third-order valence-corrected chi connectivity index (χ3v) is 7.08. The molecule has 3 saturated heterocycles. The van der Waals surface area contributed by atoms with Crippen molar-refractivity contribution in [2.75, 3.05) is 50.7 Å². The minimum atomic E-state index is -0.427. The van der Waals surface area contributed by atoms with Crippen molar-refractivity contribution in [1.82, 2.24) is 9.80 Å². The first kappa shape index (κ1) is 21.1. The molecule has 0 radical (unpaired) electrons. The van der Waals surface area contributed by atoms with Crippen molar-refractivity contribution >= 4 is 17.3 Å². The topological polar surface area (TPSA) is 69.9 Å². The van der Waals surface area contributed by atoms with Crippen molar-refractivity contribution in [3.05, 3.63) is 33.9 Å². The fourth-order valence-corrected chi connectivity index (χ4v) is 5.20. The van der Waals surface area contributed by atoms with Crippen LogP contribution in [0.3, 0.4) is 0 Å². The molecule has 1 unspecified atom stereocenters. The summed E-state index contributed by atoms with van der Waals surface area (Å²) >= 11 is 0. The van der Waals surface area contributed by atoms with E-state index in [4.69, 9.17) is 0 Å². The molecule has 0 saturated carbocycles. The lowest BCUT2D eigenvalue weighted by Crippen LogP contribution is -2.43. The highest BCUT2D eigenvalue weighted by Crippen LogP contribution is 2.30. The molecular weight excluding hydrogens is 380 g/mol. The highest BCUT2D eigenvalue weighted by molar-refractivity contribution is 5.99.